The highest BCUT2D eigenvalue weighted by Crippen LogP contribution is 2.92. The average molecular weight is 273 g/mol. The van der Waals surface area contributed by atoms with E-state index < -0.39 is 0 Å². The minimum Gasteiger partial charge on any atom is -0.484 e. The number of ether oxygens (including phenoxy) is 1. The highest BCUT2D eigenvalue weighted by atomic mass is 16.5. The largest absolute Gasteiger partial charge is 0.484 e. The molecule has 1 amide bonds. The molecule has 3 aliphatic carbocycles. The highest BCUT2D eigenvalue weighted by molar-refractivity contribution is 5.77. The van der Waals surface area contributed by atoms with Gasteiger partial charge in [-0.05, 0) is 53.7 Å². The van der Waals surface area contributed by atoms with Crippen LogP contribution in [0.5, 0.6) is 5.75 Å². The molecule has 106 valence electrons. The summed E-state index contributed by atoms with van der Waals surface area (Å²) in [7, 11) is 0. The lowest BCUT2D eigenvalue weighted by atomic mass is 9.74. The number of fused-ring (bicyclic) bond motifs is 1. The Hall–Kier alpha value is -1.55. The maximum atomic E-state index is 11.7. The number of nitrogens with one attached hydrogen (secondary N) is 1. The Balaban J connectivity index is 1.19. The van der Waals surface area contributed by atoms with Crippen molar-refractivity contribution in [2.45, 2.75) is 19.4 Å². The van der Waals surface area contributed by atoms with Crippen LogP contribution in [0.2, 0.25) is 0 Å². The van der Waals surface area contributed by atoms with Crippen LogP contribution in [0.4, 0.5) is 0 Å². The molecule has 4 atom stereocenters. The molecule has 4 rings (SSSR count). The summed E-state index contributed by atoms with van der Waals surface area (Å²) in [6.07, 6.45) is 2.72. The minimum absolute atomic E-state index is 0.0197. The molecule has 3 aliphatic rings. The fourth-order valence-electron chi connectivity index (χ4n) is 4.01. The van der Waals surface area contributed by atoms with E-state index in [0.717, 1.165) is 29.9 Å². The van der Waals surface area contributed by atoms with Crippen LogP contribution in [0.3, 0.4) is 0 Å². The number of rotatable bonds is 6. The van der Waals surface area contributed by atoms with E-state index in [4.69, 9.17) is 9.84 Å². The molecule has 3 saturated carbocycles. The maximum Gasteiger partial charge on any atom is 0.257 e. The first kappa shape index (κ1) is 12.2. The van der Waals surface area contributed by atoms with Crippen LogP contribution in [0, 0.1) is 23.2 Å². The van der Waals surface area contributed by atoms with E-state index >= 15 is 0 Å². The van der Waals surface area contributed by atoms with Crippen molar-refractivity contribution in [2.75, 3.05) is 13.2 Å². The van der Waals surface area contributed by atoms with Crippen LogP contribution in [0.15, 0.2) is 24.3 Å². The molecule has 0 bridgehead atoms. The predicted molar refractivity (Wildman–Crippen MR) is 73.0 cm³/mol. The Morgan fingerprint density at radius 1 is 1.35 bits per heavy atom. The number of hydrogen-bond acceptors (Lipinski definition) is 3. The summed E-state index contributed by atoms with van der Waals surface area (Å²) in [5.41, 5.74) is 1.53. The van der Waals surface area contributed by atoms with Gasteiger partial charge in [0.15, 0.2) is 6.61 Å². The molecule has 1 spiro atoms. The van der Waals surface area contributed by atoms with Gasteiger partial charge in [-0.25, -0.2) is 0 Å². The van der Waals surface area contributed by atoms with Gasteiger partial charge in [0, 0.05) is 6.54 Å². The molecule has 0 aliphatic heterocycles. The lowest BCUT2D eigenvalue weighted by Crippen LogP contribution is -2.39. The zero-order valence-corrected chi connectivity index (χ0v) is 11.3. The topological polar surface area (TPSA) is 58.6 Å². The molecule has 4 nitrogen and oxygen atoms in total. The summed E-state index contributed by atoms with van der Waals surface area (Å²) in [5, 5.41) is 11.9. The van der Waals surface area contributed by atoms with E-state index in [-0.39, 0.29) is 19.1 Å². The molecule has 1 aromatic rings. The molecule has 0 radical (unpaired) electrons. The monoisotopic (exact) mass is 273 g/mol. The fourth-order valence-corrected chi connectivity index (χ4v) is 4.01. The van der Waals surface area contributed by atoms with Crippen LogP contribution in [-0.2, 0) is 11.4 Å². The van der Waals surface area contributed by atoms with Crippen LogP contribution >= 0.6 is 0 Å². The Kier molecular flexibility index (Phi) is 2.58. The van der Waals surface area contributed by atoms with Gasteiger partial charge in [-0.15, -0.1) is 0 Å². The van der Waals surface area contributed by atoms with Crippen LogP contribution in [0.25, 0.3) is 0 Å². The van der Waals surface area contributed by atoms with Gasteiger partial charge in [0.2, 0.25) is 0 Å². The van der Waals surface area contributed by atoms with Gasteiger partial charge >= 0.3 is 0 Å². The molecule has 2 N–H and O–H groups in total. The second kappa shape index (κ2) is 4.22. The van der Waals surface area contributed by atoms with Crippen molar-refractivity contribution in [3.05, 3.63) is 29.8 Å². The van der Waals surface area contributed by atoms with Gasteiger partial charge < -0.3 is 15.2 Å². The van der Waals surface area contributed by atoms with Gasteiger partial charge in [0.05, 0.1) is 6.61 Å². The number of benzene rings is 1. The Labute approximate surface area is 118 Å². The summed E-state index contributed by atoms with van der Waals surface area (Å²) < 4.78 is 5.43. The van der Waals surface area contributed by atoms with E-state index in [1.165, 1.54) is 12.8 Å². The van der Waals surface area contributed by atoms with Crippen LogP contribution in [-0.4, -0.2) is 24.2 Å². The van der Waals surface area contributed by atoms with Crippen molar-refractivity contribution in [1.82, 2.24) is 5.32 Å². The summed E-state index contributed by atoms with van der Waals surface area (Å²) in [6, 6.07) is 7.13. The van der Waals surface area contributed by atoms with Crippen molar-refractivity contribution in [2.24, 2.45) is 23.2 Å². The Bertz CT molecular complexity index is 535. The van der Waals surface area contributed by atoms with E-state index in [1.807, 2.05) is 0 Å². The summed E-state index contributed by atoms with van der Waals surface area (Å²) >= 11 is 0. The number of aliphatic hydroxyl groups is 1. The van der Waals surface area contributed by atoms with E-state index in [1.54, 1.807) is 24.3 Å². The fraction of sp³-hybridized carbons (Fsp3) is 0.562. The van der Waals surface area contributed by atoms with E-state index in [0.29, 0.717) is 11.2 Å². The first-order chi connectivity index (χ1) is 9.74. The van der Waals surface area contributed by atoms with Crippen molar-refractivity contribution in [1.29, 1.82) is 0 Å². The maximum absolute atomic E-state index is 11.7. The van der Waals surface area contributed by atoms with Gasteiger partial charge in [0.25, 0.3) is 5.91 Å². The van der Waals surface area contributed by atoms with Gasteiger partial charge in [0.1, 0.15) is 5.75 Å². The SMILES string of the molecule is O=C(COc1ccc(CO)cc1)NCC1CC2C3CC123. The molecule has 4 heteroatoms. The standard InChI is InChI=1S/C16H19NO3/c18-8-10-1-3-12(4-2-10)20-9-15(19)17-7-11-5-13-14-6-16(11,13)14/h1-4,11,13-14,18H,5-9H2,(H,17,19). The van der Waals surface area contributed by atoms with Crippen molar-refractivity contribution in [3.8, 4) is 5.75 Å². The normalized spacial score (nSPS) is 35.4. The Morgan fingerprint density at radius 3 is 2.70 bits per heavy atom. The summed E-state index contributed by atoms with van der Waals surface area (Å²) in [4.78, 5) is 11.7. The smallest absolute Gasteiger partial charge is 0.257 e. The zero-order chi connectivity index (χ0) is 13.7. The first-order valence-corrected chi connectivity index (χ1v) is 7.33. The van der Waals surface area contributed by atoms with Crippen molar-refractivity contribution < 1.29 is 14.6 Å². The second-order valence-corrected chi connectivity index (χ2v) is 6.36. The molecular formula is C16H19NO3. The molecular weight excluding hydrogens is 254 g/mol. The molecule has 0 aromatic heterocycles. The molecule has 3 fully saturated rings. The number of carbonyl (C=O) groups is 1. The number of amides is 1. The Morgan fingerprint density at radius 2 is 2.15 bits per heavy atom. The highest BCUT2D eigenvalue weighted by Gasteiger charge is 2.86. The number of hydrogen-bond donors (Lipinski definition) is 2. The van der Waals surface area contributed by atoms with E-state index in [9.17, 15) is 4.79 Å². The molecule has 0 saturated heterocycles. The van der Waals surface area contributed by atoms with Crippen LogP contribution < -0.4 is 10.1 Å². The average Bonchev–Trinajstić information content (AvgIpc) is 3.33. The molecule has 20 heavy (non-hydrogen) atoms. The molecule has 4 unspecified atom stereocenters. The number of carbonyl (C=O) groups excluding carboxylic acids is 1. The molecule has 0 heterocycles. The molecule has 1 aromatic carbocycles. The third-order valence-electron chi connectivity index (χ3n) is 5.49. The summed E-state index contributed by atoms with van der Waals surface area (Å²) in [6.45, 7) is 0.898. The lowest BCUT2D eigenvalue weighted by Gasteiger charge is -2.33. The first-order valence-electron chi connectivity index (χ1n) is 7.33. The third kappa shape index (κ3) is 1.74. The van der Waals surface area contributed by atoms with Crippen LogP contribution in [0.1, 0.15) is 18.4 Å². The van der Waals surface area contributed by atoms with Gasteiger partial charge in [-0.3, -0.25) is 4.79 Å². The third-order valence-corrected chi connectivity index (χ3v) is 5.49. The minimum atomic E-state index is -0.0473. The zero-order valence-electron chi connectivity index (χ0n) is 11.3. The predicted octanol–water partition coefficient (Wildman–Crippen LogP) is 1.33. The quantitative estimate of drug-likeness (QED) is 0.822. The summed E-state index contributed by atoms with van der Waals surface area (Å²) in [5.74, 6) is 3.37. The number of aliphatic hydroxyl groups excluding tert-OH is 1. The van der Waals surface area contributed by atoms with Crippen molar-refractivity contribution >= 4 is 5.91 Å². The second-order valence-electron chi connectivity index (χ2n) is 6.36. The van der Waals surface area contributed by atoms with Gasteiger partial charge in [-0.1, -0.05) is 12.1 Å². The van der Waals surface area contributed by atoms with E-state index in [2.05, 4.69) is 5.32 Å². The van der Waals surface area contributed by atoms with Gasteiger partial charge in [-0.2, -0.15) is 0 Å². The van der Waals surface area contributed by atoms with Crippen molar-refractivity contribution in [3.63, 3.8) is 0 Å². The lowest BCUT2D eigenvalue weighted by molar-refractivity contribution is -0.123.